The quantitative estimate of drug-likeness (QED) is 0.644. The summed E-state index contributed by atoms with van der Waals surface area (Å²) in [5, 5.41) is 1.34. The van der Waals surface area contributed by atoms with Gasteiger partial charge in [-0.15, -0.1) is 0 Å². The van der Waals surface area contributed by atoms with Gasteiger partial charge in [0, 0.05) is 18.3 Å². The fourth-order valence-corrected chi connectivity index (χ4v) is 2.54. The van der Waals surface area contributed by atoms with Gasteiger partial charge in [-0.2, -0.15) is 0 Å². The predicted octanol–water partition coefficient (Wildman–Crippen LogP) is 4.45. The molecule has 0 bridgehead atoms. The number of benzene rings is 2. The van der Waals surface area contributed by atoms with Crippen molar-refractivity contribution in [2.45, 2.75) is 26.3 Å². The molecule has 0 saturated carbocycles. The van der Waals surface area contributed by atoms with Crippen LogP contribution < -0.4 is 0 Å². The molecule has 2 aromatic carbocycles. The highest BCUT2D eigenvalue weighted by atomic mass is 14.9. The van der Waals surface area contributed by atoms with Gasteiger partial charge in [0.2, 0.25) is 0 Å². The standard InChI is InChI=1S/C18H19N/c1-2-15-8-9-17-11-13-19(18(17)14-15)12-10-16-6-4-3-5-7-16/h3-9,11,13-14H,2,10,12H2,1H3. The number of nitrogens with zero attached hydrogens (tertiary/aromatic N) is 1. The lowest BCUT2D eigenvalue weighted by atomic mass is 10.1. The zero-order chi connectivity index (χ0) is 13.1. The van der Waals surface area contributed by atoms with Crippen molar-refractivity contribution in [1.82, 2.24) is 4.57 Å². The molecule has 0 aliphatic rings. The van der Waals surface area contributed by atoms with Crippen LogP contribution in [0.2, 0.25) is 0 Å². The van der Waals surface area contributed by atoms with Crippen molar-refractivity contribution in [3.63, 3.8) is 0 Å². The van der Waals surface area contributed by atoms with Crippen LogP contribution >= 0.6 is 0 Å². The second-order valence-corrected chi connectivity index (χ2v) is 4.99. The smallest absolute Gasteiger partial charge is 0.0483 e. The van der Waals surface area contributed by atoms with Crippen molar-refractivity contribution in [3.05, 3.63) is 71.9 Å². The van der Waals surface area contributed by atoms with Crippen molar-refractivity contribution in [2.24, 2.45) is 0 Å². The lowest BCUT2D eigenvalue weighted by Gasteiger charge is -2.07. The molecule has 0 fully saturated rings. The first-order valence-electron chi connectivity index (χ1n) is 6.98. The maximum absolute atomic E-state index is 2.36. The van der Waals surface area contributed by atoms with E-state index in [1.54, 1.807) is 0 Å². The Hall–Kier alpha value is -2.02. The summed E-state index contributed by atoms with van der Waals surface area (Å²) in [5.41, 5.74) is 4.17. The number of rotatable bonds is 4. The SMILES string of the molecule is CCc1ccc2ccn(CCc3ccccc3)c2c1. The van der Waals surface area contributed by atoms with Crippen LogP contribution in [0.1, 0.15) is 18.1 Å². The number of hydrogen-bond donors (Lipinski definition) is 0. The first kappa shape index (κ1) is 12.0. The van der Waals surface area contributed by atoms with E-state index >= 15 is 0 Å². The summed E-state index contributed by atoms with van der Waals surface area (Å²) in [4.78, 5) is 0. The average molecular weight is 249 g/mol. The second-order valence-electron chi connectivity index (χ2n) is 4.99. The molecule has 3 rings (SSSR count). The molecule has 1 aromatic heterocycles. The molecule has 0 unspecified atom stereocenters. The largest absolute Gasteiger partial charge is 0.347 e. The molecule has 1 heteroatoms. The van der Waals surface area contributed by atoms with E-state index in [-0.39, 0.29) is 0 Å². The van der Waals surface area contributed by atoms with E-state index in [9.17, 15) is 0 Å². The Morgan fingerprint density at radius 1 is 0.895 bits per heavy atom. The molecular formula is C18H19N. The number of aromatic nitrogens is 1. The van der Waals surface area contributed by atoms with Gasteiger partial charge in [0.1, 0.15) is 0 Å². The van der Waals surface area contributed by atoms with Crippen molar-refractivity contribution in [1.29, 1.82) is 0 Å². The van der Waals surface area contributed by atoms with Gasteiger partial charge in [-0.25, -0.2) is 0 Å². The summed E-state index contributed by atoms with van der Waals surface area (Å²) in [7, 11) is 0. The van der Waals surface area contributed by atoms with Gasteiger partial charge in [0.05, 0.1) is 0 Å². The fraction of sp³-hybridized carbons (Fsp3) is 0.222. The van der Waals surface area contributed by atoms with Crippen molar-refractivity contribution < 1.29 is 0 Å². The van der Waals surface area contributed by atoms with E-state index in [4.69, 9.17) is 0 Å². The Kier molecular flexibility index (Phi) is 3.37. The van der Waals surface area contributed by atoms with Crippen LogP contribution in [0.3, 0.4) is 0 Å². The molecule has 0 radical (unpaired) electrons. The molecule has 1 heterocycles. The molecular weight excluding hydrogens is 230 g/mol. The molecule has 0 aliphatic carbocycles. The summed E-state index contributed by atoms with van der Waals surface area (Å²) < 4.78 is 2.36. The first-order valence-corrected chi connectivity index (χ1v) is 6.98. The van der Waals surface area contributed by atoms with Gasteiger partial charge in [-0.3, -0.25) is 0 Å². The third-order valence-electron chi connectivity index (χ3n) is 3.73. The summed E-state index contributed by atoms with van der Waals surface area (Å²) in [5.74, 6) is 0. The normalized spacial score (nSPS) is 11.0. The molecule has 1 nitrogen and oxygen atoms in total. The molecule has 0 saturated heterocycles. The minimum atomic E-state index is 1.04. The van der Waals surface area contributed by atoms with Crippen molar-refractivity contribution >= 4 is 10.9 Å². The summed E-state index contributed by atoms with van der Waals surface area (Å²) in [6.07, 6.45) is 4.38. The minimum absolute atomic E-state index is 1.04. The Morgan fingerprint density at radius 3 is 2.53 bits per heavy atom. The van der Waals surface area contributed by atoms with Gasteiger partial charge < -0.3 is 4.57 Å². The van der Waals surface area contributed by atoms with E-state index < -0.39 is 0 Å². The number of aryl methyl sites for hydroxylation is 3. The van der Waals surface area contributed by atoms with Crippen LogP contribution in [0.5, 0.6) is 0 Å². The lowest BCUT2D eigenvalue weighted by molar-refractivity contribution is 0.722. The number of fused-ring (bicyclic) bond motifs is 1. The number of hydrogen-bond acceptors (Lipinski definition) is 0. The molecule has 19 heavy (non-hydrogen) atoms. The van der Waals surface area contributed by atoms with Crippen LogP contribution in [-0.4, -0.2) is 4.57 Å². The topological polar surface area (TPSA) is 4.93 Å². The third kappa shape index (κ3) is 2.55. The fourth-order valence-electron chi connectivity index (χ4n) is 2.54. The molecule has 3 aromatic rings. The average Bonchev–Trinajstić information content (AvgIpc) is 2.88. The molecule has 0 atom stereocenters. The molecule has 0 N–H and O–H groups in total. The summed E-state index contributed by atoms with van der Waals surface area (Å²) >= 11 is 0. The first-order chi connectivity index (χ1) is 9.36. The zero-order valence-corrected chi connectivity index (χ0v) is 11.3. The van der Waals surface area contributed by atoms with Gasteiger partial charge in [-0.05, 0) is 41.5 Å². The van der Waals surface area contributed by atoms with E-state index in [2.05, 4.69) is 72.3 Å². The maximum atomic E-state index is 2.36. The predicted molar refractivity (Wildman–Crippen MR) is 81.5 cm³/mol. The van der Waals surface area contributed by atoms with Crippen LogP contribution in [0.4, 0.5) is 0 Å². The highest BCUT2D eigenvalue weighted by Crippen LogP contribution is 2.18. The van der Waals surface area contributed by atoms with Crippen molar-refractivity contribution in [2.75, 3.05) is 0 Å². The van der Waals surface area contributed by atoms with E-state index in [1.807, 2.05) is 0 Å². The summed E-state index contributed by atoms with van der Waals surface area (Å²) in [6, 6.07) is 19.7. The zero-order valence-electron chi connectivity index (χ0n) is 11.3. The highest BCUT2D eigenvalue weighted by Gasteiger charge is 2.02. The minimum Gasteiger partial charge on any atom is -0.347 e. The van der Waals surface area contributed by atoms with E-state index in [1.165, 1.54) is 22.0 Å². The third-order valence-corrected chi connectivity index (χ3v) is 3.73. The monoisotopic (exact) mass is 249 g/mol. The molecule has 0 spiro atoms. The Bertz CT molecular complexity index is 664. The molecule has 0 aliphatic heterocycles. The van der Waals surface area contributed by atoms with Crippen LogP contribution in [0, 0.1) is 0 Å². The highest BCUT2D eigenvalue weighted by molar-refractivity contribution is 5.80. The van der Waals surface area contributed by atoms with E-state index in [0.29, 0.717) is 0 Å². The van der Waals surface area contributed by atoms with E-state index in [0.717, 1.165) is 19.4 Å². The van der Waals surface area contributed by atoms with Gasteiger partial charge in [0.25, 0.3) is 0 Å². The second kappa shape index (κ2) is 5.31. The Labute approximate surface area is 114 Å². The van der Waals surface area contributed by atoms with Gasteiger partial charge in [-0.1, -0.05) is 49.4 Å². The Morgan fingerprint density at radius 2 is 1.74 bits per heavy atom. The van der Waals surface area contributed by atoms with Crippen LogP contribution in [0.25, 0.3) is 10.9 Å². The van der Waals surface area contributed by atoms with Crippen LogP contribution in [-0.2, 0) is 19.4 Å². The molecule has 0 amide bonds. The Balaban J connectivity index is 1.84. The van der Waals surface area contributed by atoms with Crippen molar-refractivity contribution in [3.8, 4) is 0 Å². The van der Waals surface area contributed by atoms with Crippen LogP contribution in [0.15, 0.2) is 60.8 Å². The summed E-state index contributed by atoms with van der Waals surface area (Å²) in [6.45, 7) is 3.25. The lowest BCUT2D eigenvalue weighted by Crippen LogP contribution is -1.99. The van der Waals surface area contributed by atoms with Gasteiger partial charge in [0.15, 0.2) is 0 Å². The van der Waals surface area contributed by atoms with Gasteiger partial charge >= 0.3 is 0 Å². The molecule has 96 valence electrons. The maximum Gasteiger partial charge on any atom is 0.0483 e.